The molecule has 3 aromatic rings. The summed E-state index contributed by atoms with van der Waals surface area (Å²) < 4.78 is 3.02. The van der Waals surface area contributed by atoms with Gasteiger partial charge in [0.1, 0.15) is 0 Å². The van der Waals surface area contributed by atoms with Gasteiger partial charge < -0.3 is 0 Å². The van der Waals surface area contributed by atoms with E-state index < -0.39 is 0 Å². The Balaban J connectivity index is 1.78. The third kappa shape index (κ3) is 5.96. The van der Waals surface area contributed by atoms with Gasteiger partial charge >= 0.3 is 178 Å². The van der Waals surface area contributed by atoms with E-state index in [1.54, 1.807) is 6.20 Å². The molecular weight excluding hydrogens is 431 g/mol. The SMILES string of the molecule is CCCCN(Sc1ccccn1)C(=O)c1ccccc1[Se]Cc1ccccc1. The number of aromatic nitrogens is 1. The van der Waals surface area contributed by atoms with Gasteiger partial charge in [0.05, 0.1) is 0 Å². The van der Waals surface area contributed by atoms with Gasteiger partial charge in [0, 0.05) is 0 Å². The predicted molar refractivity (Wildman–Crippen MR) is 118 cm³/mol. The Labute approximate surface area is 177 Å². The fourth-order valence-electron chi connectivity index (χ4n) is 2.64. The molecule has 0 fully saturated rings. The Bertz CT molecular complexity index is 874. The first-order chi connectivity index (χ1) is 13.8. The van der Waals surface area contributed by atoms with E-state index in [-0.39, 0.29) is 20.9 Å². The van der Waals surface area contributed by atoms with Crippen LogP contribution in [0.15, 0.2) is 84.0 Å². The molecule has 0 saturated heterocycles. The van der Waals surface area contributed by atoms with E-state index in [2.05, 4.69) is 42.2 Å². The van der Waals surface area contributed by atoms with Crippen molar-refractivity contribution in [1.29, 1.82) is 0 Å². The summed E-state index contributed by atoms with van der Waals surface area (Å²) in [5, 5.41) is 1.83. The molecule has 0 spiro atoms. The van der Waals surface area contributed by atoms with Crippen LogP contribution in [-0.2, 0) is 5.32 Å². The van der Waals surface area contributed by atoms with Gasteiger partial charge in [0.25, 0.3) is 0 Å². The molecule has 0 aliphatic carbocycles. The molecule has 1 aromatic heterocycles. The molecule has 0 aliphatic rings. The van der Waals surface area contributed by atoms with Gasteiger partial charge in [-0.25, -0.2) is 0 Å². The number of pyridine rings is 1. The van der Waals surface area contributed by atoms with Crippen LogP contribution in [0.1, 0.15) is 35.7 Å². The number of carbonyl (C=O) groups is 1. The van der Waals surface area contributed by atoms with Crippen LogP contribution in [0, 0.1) is 0 Å². The van der Waals surface area contributed by atoms with Gasteiger partial charge in [0.2, 0.25) is 0 Å². The molecule has 0 unspecified atom stereocenters. The van der Waals surface area contributed by atoms with Crippen LogP contribution in [-0.4, -0.2) is 36.7 Å². The number of carbonyl (C=O) groups excluding carboxylic acids is 1. The Morgan fingerprint density at radius 2 is 1.75 bits per heavy atom. The van der Waals surface area contributed by atoms with Crippen LogP contribution in [0.25, 0.3) is 0 Å². The van der Waals surface area contributed by atoms with Crippen LogP contribution in [0.2, 0.25) is 0 Å². The molecule has 1 amide bonds. The Morgan fingerprint density at radius 1 is 1.00 bits per heavy atom. The molecular formula is C23H24N2OSSe. The van der Waals surface area contributed by atoms with E-state index in [0.717, 1.165) is 39.8 Å². The normalized spacial score (nSPS) is 10.6. The molecule has 5 heteroatoms. The maximum absolute atomic E-state index is 13.4. The summed E-state index contributed by atoms with van der Waals surface area (Å²) in [5.74, 6) is 0.0784. The van der Waals surface area contributed by atoms with Crippen molar-refractivity contribution in [1.82, 2.24) is 9.29 Å². The molecule has 0 N–H and O–H groups in total. The molecule has 1 heterocycles. The van der Waals surface area contributed by atoms with Crippen molar-refractivity contribution < 1.29 is 4.79 Å². The Kier molecular flexibility index (Phi) is 8.16. The number of unbranched alkanes of at least 4 members (excludes halogenated alkanes) is 1. The van der Waals surface area contributed by atoms with Gasteiger partial charge in [-0.2, -0.15) is 0 Å². The number of hydrogen-bond acceptors (Lipinski definition) is 3. The second-order valence-corrected chi connectivity index (χ2v) is 9.47. The van der Waals surface area contributed by atoms with Crippen LogP contribution < -0.4 is 4.46 Å². The van der Waals surface area contributed by atoms with E-state index in [4.69, 9.17) is 0 Å². The third-order valence-corrected chi connectivity index (χ3v) is 7.54. The zero-order valence-electron chi connectivity index (χ0n) is 16.0. The van der Waals surface area contributed by atoms with Crippen molar-refractivity contribution >= 4 is 37.3 Å². The quantitative estimate of drug-likeness (QED) is 0.350. The molecule has 0 bridgehead atoms. The fourth-order valence-corrected chi connectivity index (χ4v) is 5.62. The van der Waals surface area contributed by atoms with Gasteiger partial charge in [0.15, 0.2) is 0 Å². The average molecular weight is 455 g/mol. The van der Waals surface area contributed by atoms with Gasteiger partial charge in [-0.05, 0) is 0 Å². The summed E-state index contributed by atoms with van der Waals surface area (Å²) in [5.41, 5.74) is 2.13. The first-order valence-corrected chi connectivity index (χ1v) is 12.3. The molecule has 2 aromatic carbocycles. The van der Waals surface area contributed by atoms with Crippen molar-refractivity contribution in [2.45, 2.75) is 30.1 Å². The molecule has 0 atom stereocenters. The zero-order chi connectivity index (χ0) is 19.6. The number of hydrogen-bond donors (Lipinski definition) is 0. The number of nitrogens with zero attached hydrogens (tertiary/aromatic N) is 2. The Hall–Kier alpha value is -2.07. The topological polar surface area (TPSA) is 33.2 Å². The monoisotopic (exact) mass is 456 g/mol. The molecule has 144 valence electrons. The van der Waals surface area contributed by atoms with Crippen LogP contribution in [0.3, 0.4) is 0 Å². The second kappa shape index (κ2) is 11.1. The molecule has 3 rings (SSSR count). The fraction of sp³-hybridized carbons (Fsp3) is 0.217. The van der Waals surface area contributed by atoms with E-state index >= 15 is 0 Å². The van der Waals surface area contributed by atoms with Gasteiger partial charge in [-0.15, -0.1) is 0 Å². The first kappa shape index (κ1) is 20.7. The second-order valence-electron chi connectivity index (χ2n) is 6.29. The predicted octanol–water partition coefficient (Wildman–Crippen LogP) is 4.56. The summed E-state index contributed by atoms with van der Waals surface area (Å²) >= 11 is 1.64. The van der Waals surface area contributed by atoms with E-state index in [0.29, 0.717) is 0 Å². The van der Waals surface area contributed by atoms with Crippen molar-refractivity contribution in [3.05, 3.63) is 90.1 Å². The number of rotatable bonds is 9. The van der Waals surface area contributed by atoms with E-state index in [1.165, 1.54) is 17.5 Å². The summed E-state index contributed by atoms with van der Waals surface area (Å²) in [7, 11) is 0. The maximum atomic E-state index is 13.4. The van der Waals surface area contributed by atoms with Crippen molar-refractivity contribution in [2.24, 2.45) is 0 Å². The molecule has 3 nitrogen and oxygen atoms in total. The first-order valence-electron chi connectivity index (χ1n) is 9.44. The summed E-state index contributed by atoms with van der Waals surface area (Å²) in [6, 6.07) is 24.3. The summed E-state index contributed by atoms with van der Waals surface area (Å²) in [6.07, 6.45) is 3.79. The van der Waals surface area contributed by atoms with Crippen molar-refractivity contribution in [3.63, 3.8) is 0 Å². The van der Waals surface area contributed by atoms with Gasteiger partial charge in [-0.1, -0.05) is 0 Å². The van der Waals surface area contributed by atoms with Crippen molar-refractivity contribution in [3.8, 4) is 0 Å². The van der Waals surface area contributed by atoms with Crippen LogP contribution >= 0.6 is 11.9 Å². The average Bonchev–Trinajstić information content (AvgIpc) is 2.76. The van der Waals surface area contributed by atoms with E-state index in [9.17, 15) is 4.79 Å². The number of amides is 1. The van der Waals surface area contributed by atoms with Crippen LogP contribution in [0.5, 0.6) is 0 Å². The van der Waals surface area contributed by atoms with Gasteiger partial charge in [-0.3, -0.25) is 0 Å². The molecule has 0 saturated carbocycles. The molecule has 28 heavy (non-hydrogen) atoms. The molecule has 0 radical (unpaired) electrons. The third-order valence-electron chi connectivity index (χ3n) is 4.14. The summed E-state index contributed by atoms with van der Waals surface area (Å²) in [6.45, 7) is 2.86. The standard InChI is InChI=1S/C23H24N2OSSe/c1-2-3-17-25(27-22-15-9-10-16-24-22)23(26)20-13-7-8-14-21(20)28-18-19-11-5-4-6-12-19/h4-16H,2-3,17-18H2,1H3. The Morgan fingerprint density at radius 3 is 2.50 bits per heavy atom. The minimum atomic E-state index is 0.0784. The minimum absolute atomic E-state index is 0.0784. The van der Waals surface area contributed by atoms with E-state index in [1.807, 2.05) is 46.8 Å². The molecule has 0 aliphatic heterocycles. The van der Waals surface area contributed by atoms with Crippen molar-refractivity contribution in [2.75, 3.05) is 6.54 Å². The number of benzene rings is 2. The van der Waals surface area contributed by atoms with Crippen LogP contribution in [0.4, 0.5) is 0 Å². The zero-order valence-corrected chi connectivity index (χ0v) is 18.5. The summed E-state index contributed by atoms with van der Waals surface area (Å²) in [4.78, 5) is 17.7.